The molecule has 0 saturated carbocycles. The maximum Gasteiger partial charge on any atom is 0.0584 e. The van der Waals surface area contributed by atoms with Crippen molar-refractivity contribution in [3.63, 3.8) is 0 Å². The van der Waals surface area contributed by atoms with E-state index in [-0.39, 0.29) is 0 Å². The van der Waals surface area contributed by atoms with Gasteiger partial charge < -0.3 is 4.72 Å². The number of benzene rings is 2. The summed E-state index contributed by atoms with van der Waals surface area (Å²) in [5.41, 5.74) is 2.18. The van der Waals surface area contributed by atoms with E-state index in [9.17, 15) is 0 Å². The van der Waals surface area contributed by atoms with Crippen LogP contribution in [-0.2, 0) is 0 Å². The molecule has 0 fully saturated rings. The molecule has 0 aromatic heterocycles. The van der Waals surface area contributed by atoms with Crippen LogP contribution in [0.2, 0.25) is 5.02 Å². The summed E-state index contributed by atoms with van der Waals surface area (Å²) in [7, 11) is 0. The Morgan fingerprint density at radius 2 is 2.00 bits per heavy atom. The van der Waals surface area contributed by atoms with Crippen LogP contribution in [0.3, 0.4) is 0 Å². The van der Waals surface area contributed by atoms with Gasteiger partial charge in [0, 0.05) is 14.7 Å². The third-order valence-corrected chi connectivity index (χ3v) is 4.87. The van der Waals surface area contributed by atoms with E-state index in [1.165, 1.54) is 11.9 Å². The van der Waals surface area contributed by atoms with E-state index in [0.717, 1.165) is 31.0 Å². The number of halogens is 1. The molecule has 0 aliphatic rings. The molecule has 2 aromatic rings. The molecule has 0 unspecified atom stereocenters. The van der Waals surface area contributed by atoms with Crippen molar-refractivity contribution >= 4 is 53.6 Å². The summed E-state index contributed by atoms with van der Waals surface area (Å²) in [6.45, 7) is 5.72. The Labute approximate surface area is 138 Å². The number of hydrogen-bond acceptors (Lipinski definition) is 4. The first-order chi connectivity index (χ1) is 9.60. The van der Waals surface area contributed by atoms with Gasteiger partial charge in [0.05, 0.1) is 10.7 Å². The molecule has 0 bridgehead atoms. The molecule has 0 radical (unpaired) electrons. The van der Waals surface area contributed by atoms with Crippen LogP contribution in [0.15, 0.2) is 63.1 Å². The lowest BCUT2D eigenvalue weighted by atomic mass is 10.2. The predicted octanol–water partition coefficient (Wildman–Crippen LogP) is 6.29. The SMILES string of the molecule is C=CSNc1ccc(S)cc1Sc1ccc(C)cc1Cl. The van der Waals surface area contributed by atoms with Crippen LogP contribution in [0.5, 0.6) is 0 Å². The molecular formula is C15H14ClNS3. The number of hydrogen-bond donors (Lipinski definition) is 2. The predicted molar refractivity (Wildman–Crippen MR) is 95.4 cm³/mol. The highest BCUT2D eigenvalue weighted by Gasteiger charge is 2.08. The Morgan fingerprint density at radius 1 is 1.20 bits per heavy atom. The van der Waals surface area contributed by atoms with Crippen LogP contribution >= 0.6 is 47.9 Å². The van der Waals surface area contributed by atoms with Gasteiger partial charge in [0.2, 0.25) is 0 Å². The van der Waals surface area contributed by atoms with Crippen molar-refractivity contribution < 1.29 is 0 Å². The lowest BCUT2D eigenvalue weighted by molar-refractivity contribution is 1.32. The summed E-state index contributed by atoms with van der Waals surface area (Å²) >= 11 is 13.8. The van der Waals surface area contributed by atoms with E-state index < -0.39 is 0 Å². The van der Waals surface area contributed by atoms with Gasteiger partial charge in [-0.25, -0.2) is 0 Å². The van der Waals surface area contributed by atoms with Crippen LogP contribution < -0.4 is 4.72 Å². The van der Waals surface area contributed by atoms with Crippen molar-refractivity contribution in [2.24, 2.45) is 0 Å². The van der Waals surface area contributed by atoms with Crippen molar-refractivity contribution in [2.45, 2.75) is 21.6 Å². The van der Waals surface area contributed by atoms with Crippen LogP contribution in [0.25, 0.3) is 0 Å². The van der Waals surface area contributed by atoms with Crippen molar-refractivity contribution in [3.8, 4) is 0 Å². The maximum absolute atomic E-state index is 6.29. The molecule has 2 rings (SSSR count). The molecule has 20 heavy (non-hydrogen) atoms. The van der Waals surface area contributed by atoms with Gasteiger partial charge in [-0.1, -0.05) is 36.0 Å². The van der Waals surface area contributed by atoms with E-state index in [1.807, 2.05) is 37.3 Å². The molecule has 0 heterocycles. The molecule has 104 valence electrons. The van der Waals surface area contributed by atoms with E-state index in [4.69, 9.17) is 11.6 Å². The van der Waals surface area contributed by atoms with Gasteiger partial charge in [-0.2, -0.15) is 0 Å². The second-order valence-electron chi connectivity index (χ2n) is 4.10. The summed E-state index contributed by atoms with van der Waals surface area (Å²) in [6, 6.07) is 12.1. The molecule has 0 saturated heterocycles. The minimum atomic E-state index is 0.766. The minimum absolute atomic E-state index is 0.766. The fourth-order valence-corrected chi connectivity index (χ4v) is 3.63. The van der Waals surface area contributed by atoms with Gasteiger partial charge in [0.15, 0.2) is 0 Å². The number of aryl methyl sites for hydroxylation is 1. The Hall–Kier alpha value is -0.680. The lowest BCUT2D eigenvalue weighted by Crippen LogP contribution is -1.88. The molecule has 1 nitrogen and oxygen atoms in total. The van der Waals surface area contributed by atoms with Gasteiger partial charge in [-0.15, -0.1) is 12.6 Å². The molecule has 0 amide bonds. The summed E-state index contributed by atoms with van der Waals surface area (Å²) in [5.74, 6) is 0. The third-order valence-electron chi connectivity index (χ3n) is 2.52. The Balaban J connectivity index is 2.31. The molecule has 2 aromatic carbocycles. The normalized spacial score (nSPS) is 10.3. The standard InChI is InChI=1S/C15H14ClNS3/c1-3-19-17-13-6-5-11(18)9-15(13)20-14-7-4-10(2)8-12(14)16/h3-9,17-18H,1H2,2H3. The molecule has 0 atom stereocenters. The molecule has 0 aliphatic heterocycles. The number of nitrogens with one attached hydrogen (secondary N) is 1. The highest BCUT2D eigenvalue weighted by molar-refractivity contribution is 8.03. The summed E-state index contributed by atoms with van der Waals surface area (Å²) in [4.78, 5) is 3.03. The average molecular weight is 340 g/mol. The Kier molecular flexibility index (Phi) is 5.78. The van der Waals surface area contributed by atoms with Crippen molar-refractivity contribution in [2.75, 3.05) is 4.72 Å². The van der Waals surface area contributed by atoms with Crippen molar-refractivity contribution in [1.29, 1.82) is 0 Å². The molecule has 1 N–H and O–H groups in total. The van der Waals surface area contributed by atoms with Gasteiger partial charge in [-0.3, -0.25) is 0 Å². The van der Waals surface area contributed by atoms with Crippen molar-refractivity contribution in [1.82, 2.24) is 0 Å². The van der Waals surface area contributed by atoms with E-state index >= 15 is 0 Å². The van der Waals surface area contributed by atoms with Crippen molar-refractivity contribution in [3.05, 3.63) is 59.0 Å². The van der Waals surface area contributed by atoms with Gasteiger partial charge in [-0.05, 0) is 60.2 Å². The summed E-state index contributed by atoms with van der Waals surface area (Å²) < 4.78 is 3.24. The zero-order chi connectivity index (χ0) is 14.5. The second-order valence-corrected chi connectivity index (χ2v) is 6.88. The third kappa shape index (κ3) is 4.16. The summed E-state index contributed by atoms with van der Waals surface area (Å²) in [6.07, 6.45) is 0. The van der Waals surface area contributed by atoms with E-state index in [2.05, 4.69) is 30.0 Å². The number of anilines is 1. The van der Waals surface area contributed by atoms with Gasteiger partial charge in [0.25, 0.3) is 0 Å². The highest BCUT2D eigenvalue weighted by atomic mass is 35.5. The van der Waals surface area contributed by atoms with Crippen LogP contribution in [0.1, 0.15) is 5.56 Å². The Morgan fingerprint density at radius 3 is 2.70 bits per heavy atom. The first-order valence-electron chi connectivity index (χ1n) is 5.89. The zero-order valence-electron chi connectivity index (χ0n) is 10.9. The monoisotopic (exact) mass is 339 g/mol. The van der Waals surface area contributed by atoms with Gasteiger partial charge >= 0.3 is 0 Å². The smallest absolute Gasteiger partial charge is 0.0584 e. The van der Waals surface area contributed by atoms with E-state index in [1.54, 1.807) is 17.2 Å². The first-order valence-corrected chi connectivity index (χ1v) is 8.42. The fraction of sp³-hybridized carbons (Fsp3) is 0.0667. The highest BCUT2D eigenvalue weighted by Crippen LogP contribution is 2.39. The Bertz CT molecular complexity index is 629. The number of thiol groups is 1. The van der Waals surface area contributed by atoms with Gasteiger partial charge in [0.1, 0.15) is 0 Å². The zero-order valence-corrected chi connectivity index (χ0v) is 14.2. The van der Waals surface area contributed by atoms with Crippen LogP contribution in [0, 0.1) is 6.92 Å². The topological polar surface area (TPSA) is 12.0 Å². The minimum Gasteiger partial charge on any atom is -0.325 e. The second kappa shape index (κ2) is 7.36. The van der Waals surface area contributed by atoms with Crippen LogP contribution in [-0.4, -0.2) is 0 Å². The quantitative estimate of drug-likeness (QED) is 0.490. The van der Waals surface area contributed by atoms with E-state index in [0.29, 0.717) is 0 Å². The molecule has 0 aliphatic carbocycles. The fourth-order valence-electron chi connectivity index (χ4n) is 1.59. The lowest BCUT2D eigenvalue weighted by Gasteiger charge is -2.11. The average Bonchev–Trinajstić information content (AvgIpc) is 2.41. The largest absolute Gasteiger partial charge is 0.325 e. The first kappa shape index (κ1) is 15.7. The summed E-state index contributed by atoms with van der Waals surface area (Å²) in [5, 5.41) is 2.52. The van der Waals surface area contributed by atoms with Crippen LogP contribution in [0.4, 0.5) is 5.69 Å². The number of rotatable bonds is 5. The molecule has 5 heteroatoms. The molecular weight excluding hydrogens is 326 g/mol. The maximum atomic E-state index is 6.29. The molecule has 0 spiro atoms.